The van der Waals surface area contributed by atoms with Crippen LogP contribution < -0.4 is 5.32 Å². The number of hydrogen-bond acceptors (Lipinski definition) is 1. The largest absolute Gasteiger partial charge is 0.361 e. The van der Waals surface area contributed by atoms with Gasteiger partial charge in [-0.05, 0) is 163 Å². The average Bonchev–Trinajstić information content (AvgIpc) is 3.52. The SMILES string of the molecule is C=C(C)/C(C(=C)CC(/C=C\C(=C)C(C)(C)C(C)C)=C(C)\C=C1\NC=C1C(C)(C)CC)=C(/C)C1(C(C)Cc2ccc(C)c(C)c2C)CCCC1. The van der Waals surface area contributed by atoms with Crippen LogP contribution in [0, 0.1) is 48.9 Å². The van der Waals surface area contributed by atoms with Gasteiger partial charge in [0.05, 0.1) is 0 Å². The summed E-state index contributed by atoms with van der Waals surface area (Å²) in [5, 5.41) is 3.50. The first kappa shape index (κ1) is 40.4. The predicted octanol–water partition coefficient (Wildman–Crippen LogP) is 14.1. The fraction of sp³-hybridized carbons (Fsp3) is 0.542. The molecular weight excluding hydrogens is 591 g/mol. The molecular formula is C48H71N. The molecule has 1 aromatic rings. The van der Waals surface area contributed by atoms with Crippen molar-refractivity contribution in [3.63, 3.8) is 0 Å². The molecule has 0 aromatic heterocycles. The van der Waals surface area contributed by atoms with Gasteiger partial charge in [0.2, 0.25) is 0 Å². The molecule has 2 aliphatic rings. The topological polar surface area (TPSA) is 12.0 Å². The van der Waals surface area contributed by atoms with Gasteiger partial charge < -0.3 is 5.32 Å². The van der Waals surface area contributed by atoms with E-state index in [9.17, 15) is 0 Å². The van der Waals surface area contributed by atoms with E-state index in [1.807, 2.05) is 0 Å². The van der Waals surface area contributed by atoms with Crippen LogP contribution in [0.15, 0.2) is 107 Å². The third-order valence-electron chi connectivity index (χ3n) is 13.3. The van der Waals surface area contributed by atoms with Crippen molar-refractivity contribution in [2.24, 2.45) is 28.1 Å². The normalized spacial score (nSPS) is 18.9. The molecule has 1 unspecified atom stereocenters. The smallest absolute Gasteiger partial charge is 0.0435 e. The molecule has 0 bridgehead atoms. The predicted molar refractivity (Wildman–Crippen MR) is 219 cm³/mol. The highest BCUT2D eigenvalue weighted by Crippen LogP contribution is 2.53. The number of allylic oxidation sites excluding steroid dienone is 11. The highest BCUT2D eigenvalue weighted by atomic mass is 14.9. The van der Waals surface area contributed by atoms with Crippen LogP contribution >= 0.6 is 0 Å². The zero-order valence-corrected chi connectivity index (χ0v) is 34.2. The highest BCUT2D eigenvalue weighted by Gasteiger charge is 2.42. The molecule has 49 heavy (non-hydrogen) atoms. The number of nitrogens with one attached hydrogen (secondary N) is 1. The van der Waals surface area contributed by atoms with E-state index < -0.39 is 0 Å². The second kappa shape index (κ2) is 15.9. The van der Waals surface area contributed by atoms with Crippen molar-refractivity contribution < 1.29 is 0 Å². The number of benzene rings is 1. The second-order valence-corrected chi connectivity index (χ2v) is 17.3. The van der Waals surface area contributed by atoms with Gasteiger partial charge in [-0.15, -0.1) is 0 Å². The minimum Gasteiger partial charge on any atom is -0.361 e. The van der Waals surface area contributed by atoms with Crippen molar-refractivity contribution in [1.82, 2.24) is 5.32 Å². The molecule has 0 amide bonds. The van der Waals surface area contributed by atoms with E-state index in [0.717, 1.165) is 30.4 Å². The standard InChI is InChI=1S/C48H71N/c1-18-46(14,15)43-30-49-44(43)28-34(7)41(24-22-36(9)47(16,17)32(4)5)27-35(8)45(31(2)3)40(13)48(25-19-20-26-48)37(10)29-42-23-21-33(6)38(11)39(42)12/h21-24,28,30,32,37,49H,2,8-9,18-20,25-27,29H2,1,3-7,10-17H3/b24-22-,41-34-,44-28+,45-40+. The summed E-state index contributed by atoms with van der Waals surface area (Å²) in [5.41, 5.74) is 17.5. The Kier molecular flexibility index (Phi) is 13.1. The first-order valence-electron chi connectivity index (χ1n) is 19.1. The van der Waals surface area contributed by atoms with E-state index in [1.165, 1.54) is 87.1 Å². The quantitative estimate of drug-likeness (QED) is 0.184. The third kappa shape index (κ3) is 8.64. The summed E-state index contributed by atoms with van der Waals surface area (Å²) < 4.78 is 0. The summed E-state index contributed by atoms with van der Waals surface area (Å²) in [6.07, 6.45) is 17.1. The molecule has 1 N–H and O–H groups in total. The van der Waals surface area contributed by atoms with Crippen LogP contribution in [-0.2, 0) is 6.42 Å². The molecule has 1 heterocycles. The van der Waals surface area contributed by atoms with Crippen molar-refractivity contribution in [1.29, 1.82) is 0 Å². The maximum atomic E-state index is 4.83. The number of rotatable bonds is 15. The van der Waals surface area contributed by atoms with Crippen molar-refractivity contribution in [3.05, 3.63) is 129 Å². The summed E-state index contributed by atoms with van der Waals surface area (Å²) in [4.78, 5) is 0. The Hall–Kier alpha value is -3.06. The maximum absolute atomic E-state index is 4.83. The Labute approximate surface area is 303 Å². The van der Waals surface area contributed by atoms with Gasteiger partial charge in [0, 0.05) is 11.9 Å². The monoisotopic (exact) mass is 662 g/mol. The Balaban J connectivity index is 2.10. The molecule has 1 atom stereocenters. The Morgan fingerprint density at radius 2 is 1.53 bits per heavy atom. The van der Waals surface area contributed by atoms with E-state index in [1.54, 1.807) is 0 Å². The molecule has 3 rings (SSSR count). The van der Waals surface area contributed by atoms with Gasteiger partial charge >= 0.3 is 0 Å². The van der Waals surface area contributed by atoms with Crippen LogP contribution in [0.25, 0.3) is 0 Å². The van der Waals surface area contributed by atoms with E-state index >= 15 is 0 Å². The van der Waals surface area contributed by atoms with Gasteiger partial charge in [0.1, 0.15) is 0 Å². The van der Waals surface area contributed by atoms with Crippen LogP contribution in [0.2, 0.25) is 0 Å². The zero-order valence-electron chi connectivity index (χ0n) is 34.2. The van der Waals surface area contributed by atoms with E-state index in [0.29, 0.717) is 11.8 Å². The summed E-state index contributed by atoms with van der Waals surface area (Å²) in [5.74, 6) is 1.02. The summed E-state index contributed by atoms with van der Waals surface area (Å²) in [6.45, 7) is 46.2. The molecule has 1 aliphatic heterocycles. The minimum atomic E-state index is 0.0142. The Morgan fingerprint density at radius 1 is 0.918 bits per heavy atom. The number of aryl methyl sites for hydroxylation is 1. The van der Waals surface area contributed by atoms with Crippen molar-refractivity contribution in [2.45, 2.75) is 142 Å². The van der Waals surface area contributed by atoms with Gasteiger partial charge in [-0.1, -0.05) is 123 Å². The first-order valence-corrected chi connectivity index (χ1v) is 19.1. The van der Waals surface area contributed by atoms with Gasteiger partial charge in [-0.3, -0.25) is 0 Å². The fourth-order valence-electron chi connectivity index (χ4n) is 7.98. The second-order valence-electron chi connectivity index (χ2n) is 17.3. The van der Waals surface area contributed by atoms with Crippen molar-refractivity contribution in [2.75, 3.05) is 0 Å². The van der Waals surface area contributed by atoms with Gasteiger partial charge in [0.25, 0.3) is 0 Å². The van der Waals surface area contributed by atoms with Crippen LogP contribution in [0.1, 0.15) is 137 Å². The third-order valence-corrected chi connectivity index (χ3v) is 13.3. The Bertz CT molecular complexity index is 1600. The zero-order chi connectivity index (χ0) is 37.1. The van der Waals surface area contributed by atoms with Crippen LogP contribution in [0.3, 0.4) is 0 Å². The van der Waals surface area contributed by atoms with Crippen molar-refractivity contribution in [3.8, 4) is 0 Å². The minimum absolute atomic E-state index is 0.0142. The van der Waals surface area contributed by atoms with E-state index in [4.69, 9.17) is 6.58 Å². The summed E-state index contributed by atoms with van der Waals surface area (Å²) in [7, 11) is 0. The van der Waals surface area contributed by atoms with Gasteiger partial charge in [-0.2, -0.15) is 0 Å². The molecule has 1 aromatic carbocycles. The van der Waals surface area contributed by atoms with E-state index in [2.05, 4.69) is 152 Å². The summed E-state index contributed by atoms with van der Waals surface area (Å²) in [6, 6.07) is 4.69. The fourth-order valence-corrected chi connectivity index (χ4v) is 7.98. The molecule has 1 aliphatic carbocycles. The van der Waals surface area contributed by atoms with Gasteiger partial charge in [-0.25, -0.2) is 0 Å². The molecule has 1 fully saturated rings. The molecule has 1 heteroatoms. The van der Waals surface area contributed by atoms with Crippen LogP contribution in [-0.4, -0.2) is 0 Å². The summed E-state index contributed by atoms with van der Waals surface area (Å²) >= 11 is 0. The Morgan fingerprint density at radius 3 is 2.04 bits per heavy atom. The molecule has 1 saturated carbocycles. The van der Waals surface area contributed by atoms with Crippen LogP contribution in [0.4, 0.5) is 0 Å². The first-order chi connectivity index (χ1) is 22.7. The molecule has 0 saturated heterocycles. The lowest BCUT2D eigenvalue weighted by molar-refractivity contribution is 0.231. The number of hydrogen-bond donors (Lipinski definition) is 1. The lowest BCUT2D eigenvalue weighted by atomic mass is 9.65. The lowest BCUT2D eigenvalue weighted by Crippen LogP contribution is -2.30. The molecule has 268 valence electrons. The molecule has 0 spiro atoms. The van der Waals surface area contributed by atoms with Crippen LogP contribution in [0.5, 0.6) is 0 Å². The lowest BCUT2D eigenvalue weighted by Gasteiger charge is -2.39. The van der Waals surface area contributed by atoms with Gasteiger partial charge in [0.15, 0.2) is 0 Å². The van der Waals surface area contributed by atoms with Crippen molar-refractivity contribution >= 4 is 0 Å². The molecule has 0 radical (unpaired) electrons. The maximum Gasteiger partial charge on any atom is 0.0435 e. The average molecular weight is 662 g/mol. The van der Waals surface area contributed by atoms with E-state index in [-0.39, 0.29) is 16.2 Å². The highest BCUT2D eigenvalue weighted by molar-refractivity contribution is 5.54. The molecule has 1 nitrogen and oxygen atoms in total.